The first-order chi connectivity index (χ1) is 11.7. The first-order valence-corrected chi connectivity index (χ1v) is 9.26. The van der Waals surface area contributed by atoms with Gasteiger partial charge < -0.3 is 20.1 Å². The summed E-state index contributed by atoms with van der Waals surface area (Å²) >= 11 is 5.17. The van der Waals surface area contributed by atoms with Crippen LogP contribution >= 0.6 is 27.3 Å². The third-order valence-electron chi connectivity index (χ3n) is 3.14. The summed E-state index contributed by atoms with van der Waals surface area (Å²) in [6.07, 6.45) is 0.869. The number of hydrogen-bond donors (Lipinski definition) is 2. The van der Waals surface area contributed by atoms with Crippen molar-refractivity contribution < 1.29 is 9.47 Å². The highest BCUT2D eigenvalue weighted by Gasteiger charge is 2.03. The van der Waals surface area contributed by atoms with Gasteiger partial charge in [0.2, 0.25) is 0 Å². The van der Waals surface area contributed by atoms with E-state index >= 15 is 0 Å². The van der Waals surface area contributed by atoms with E-state index in [1.165, 1.54) is 4.88 Å². The van der Waals surface area contributed by atoms with Crippen LogP contribution in [0.15, 0.2) is 45.2 Å². The summed E-state index contributed by atoms with van der Waals surface area (Å²) in [6.45, 7) is 2.06. The van der Waals surface area contributed by atoms with Crippen LogP contribution in [0.1, 0.15) is 11.3 Å². The second-order valence-electron chi connectivity index (χ2n) is 4.98. The molecule has 2 aromatic rings. The van der Waals surface area contributed by atoms with E-state index in [9.17, 15) is 0 Å². The maximum absolute atomic E-state index is 5.71. The van der Waals surface area contributed by atoms with Gasteiger partial charge in [0.25, 0.3) is 0 Å². The van der Waals surface area contributed by atoms with Crippen molar-refractivity contribution in [1.29, 1.82) is 0 Å². The van der Waals surface area contributed by atoms with Crippen molar-refractivity contribution in [3.63, 3.8) is 0 Å². The minimum atomic E-state index is 0.636. The molecule has 0 amide bonds. The average molecular weight is 412 g/mol. The lowest BCUT2D eigenvalue weighted by molar-refractivity contribution is 0.172. The van der Waals surface area contributed by atoms with Gasteiger partial charge in [-0.2, -0.15) is 0 Å². The van der Waals surface area contributed by atoms with Crippen molar-refractivity contribution in [2.24, 2.45) is 4.99 Å². The highest BCUT2D eigenvalue weighted by Crippen LogP contribution is 2.22. The summed E-state index contributed by atoms with van der Waals surface area (Å²) in [7, 11) is 3.45. The monoisotopic (exact) mass is 411 g/mol. The van der Waals surface area contributed by atoms with E-state index in [1.807, 2.05) is 30.3 Å². The molecule has 0 fully saturated rings. The number of anilines is 1. The third kappa shape index (κ3) is 6.51. The molecule has 0 radical (unpaired) electrons. The molecule has 0 aliphatic carbocycles. The van der Waals surface area contributed by atoms with Gasteiger partial charge in [0.1, 0.15) is 5.75 Å². The normalized spacial score (nSPS) is 11.4. The summed E-state index contributed by atoms with van der Waals surface area (Å²) in [6, 6.07) is 12.0. The Kier molecular flexibility index (Phi) is 8.07. The van der Waals surface area contributed by atoms with E-state index in [2.05, 4.69) is 37.6 Å². The summed E-state index contributed by atoms with van der Waals surface area (Å²) in [5, 5.41) is 6.57. The van der Waals surface area contributed by atoms with Crippen LogP contribution in [0.2, 0.25) is 0 Å². The molecular formula is C17H22BrN3O2S. The van der Waals surface area contributed by atoms with Crippen molar-refractivity contribution >= 4 is 38.9 Å². The van der Waals surface area contributed by atoms with Gasteiger partial charge in [-0.15, -0.1) is 11.3 Å². The molecule has 0 bridgehead atoms. The smallest absolute Gasteiger partial charge is 0.195 e. The molecule has 24 heavy (non-hydrogen) atoms. The average Bonchev–Trinajstić information content (AvgIpc) is 3.01. The molecule has 2 N–H and O–H groups in total. The molecule has 130 valence electrons. The summed E-state index contributed by atoms with van der Waals surface area (Å²) < 4.78 is 11.9. The van der Waals surface area contributed by atoms with Gasteiger partial charge in [0, 0.05) is 43.8 Å². The lowest BCUT2D eigenvalue weighted by Crippen LogP contribution is -2.29. The van der Waals surface area contributed by atoms with Gasteiger partial charge in [0.15, 0.2) is 5.96 Å². The van der Waals surface area contributed by atoms with E-state index in [1.54, 1.807) is 25.5 Å². The number of nitrogens with one attached hydrogen (secondary N) is 2. The molecule has 0 aliphatic rings. The highest BCUT2D eigenvalue weighted by atomic mass is 79.9. The van der Waals surface area contributed by atoms with E-state index < -0.39 is 0 Å². The van der Waals surface area contributed by atoms with Gasteiger partial charge in [-0.3, -0.25) is 4.99 Å². The number of aliphatic imine (C=N–C) groups is 1. The molecule has 1 heterocycles. The number of benzene rings is 1. The fourth-order valence-corrected chi connectivity index (χ4v) is 3.41. The predicted molar refractivity (Wildman–Crippen MR) is 104 cm³/mol. The van der Waals surface area contributed by atoms with Crippen LogP contribution in [0.25, 0.3) is 0 Å². The molecule has 1 aromatic carbocycles. The second kappa shape index (κ2) is 10.3. The number of halogens is 1. The second-order valence-corrected chi connectivity index (χ2v) is 7.53. The lowest BCUT2D eigenvalue weighted by atomic mass is 10.3. The Morgan fingerprint density at radius 1 is 1.25 bits per heavy atom. The Hall–Kier alpha value is -1.57. The van der Waals surface area contributed by atoms with Crippen LogP contribution in [0.5, 0.6) is 5.75 Å². The molecule has 0 aliphatic heterocycles. The number of guanidine groups is 1. The fraction of sp³-hybridized carbons (Fsp3) is 0.353. The van der Waals surface area contributed by atoms with Crippen LogP contribution < -0.4 is 15.4 Å². The van der Waals surface area contributed by atoms with Crippen molar-refractivity contribution in [2.45, 2.75) is 13.0 Å². The number of ether oxygens (including phenoxy) is 2. The summed E-state index contributed by atoms with van der Waals surface area (Å²) in [5.74, 6) is 1.55. The van der Waals surface area contributed by atoms with E-state index in [-0.39, 0.29) is 0 Å². The van der Waals surface area contributed by atoms with Gasteiger partial charge in [-0.25, -0.2) is 0 Å². The maximum atomic E-state index is 5.71. The van der Waals surface area contributed by atoms with E-state index in [0.717, 1.165) is 34.1 Å². The molecule has 0 atom stereocenters. The third-order valence-corrected chi connectivity index (χ3v) is 4.76. The van der Waals surface area contributed by atoms with Crippen molar-refractivity contribution in [2.75, 3.05) is 32.7 Å². The standard InChI is InChI=1S/C17H22BrN3O2S/c1-19-17(20-12-15-7-8-16(18)24-15)21-13-5-3-6-14(11-13)23-10-4-9-22-2/h3,5-8,11H,4,9-10,12H2,1-2H3,(H2,19,20,21). The van der Waals surface area contributed by atoms with Gasteiger partial charge >= 0.3 is 0 Å². The Balaban J connectivity index is 1.86. The van der Waals surface area contributed by atoms with Crippen LogP contribution in [0.4, 0.5) is 5.69 Å². The van der Waals surface area contributed by atoms with E-state index in [0.29, 0.717) is 13.2 Å². The minimum absolute atomic E-state index is 0.636. The van der Waals surface area contributed by atoms with Crippen LogP contribution in [-0.2, 0) is 11.3 Å². The number of hydrogen-bond acceptors (Lipinski definition) is 4. The van der Waals surface area contributed by atoms with Gasteiger partial charge in [0.05, 0.1) is 16.9 Å². The maximum Gasteiger partial charge on any atom is 0.195 e. The van der Waals surface area contributed by atoms with Crippen LogP contribution in [-0.4, -0.2) is 33.3 Å². The largest absolute Gasteiger partial charge is 0.493 e. The molecule has 1 aromatic heterocycles. The number of methoxy groups -OCH3 is 1. The van der Waals surface area contributed by atoms with Crippen molar-refractivity contribution in [1.82, 2.24) is 5.32 Å². The minimum Gasteiger partial charge on any atom is -0.493 e. The number of rotatable bonds is 8. The number of thiophene rings is 1. The van der Waals surface area contributed by atoms with Crippen LogP contribution in [0.3, 0.4) is 0 Å². The topological polar surface area (TPSA) is 54.9 Å². The Morgan fingerprint density at radius 3 is 2.83 bits per heavy atom. The van der Waals surface area contributed by atoms with E-state index in [4.69, 9.17) is 9.47 Å². The van der Waals surface area contributed by atoms with Crippen molar-refractivity contribution in [3.05, 3.63) is 45.1 Å². The zero-order valence-electron chi connectivity index (χ0n) is 13.8. The first-order valence-electron chi connectivity index (χ1n) is 7.65. The molecular weight excluding hydrogens is 390 g/mol. The zero-order chi connectivity index (χ0) is 17.2. The zero-order valence-corrected chi connectivity index (χ0v) is 16.2. The Morgan fingerprint density at radius 2 is 2.12 bits per heavy atom. The molecule has 0 unspecified atom stereocenters. The van der Waals surface area contributed by atoms with Gasteiger partial charge in [-0.05, 0) is 40.2 Å². The summed E-state index contributed by atoms with van der Waals surface area (Å²) in [4.78, 5) is 5.49. The quantitative estimate of drug-likeness (QED) is 0.389. The van der Waals surface area contributed by atoms with Crippen molar-refractivity contribution in [3.8, 4) is 5.75 Å². The Labute approximate surface area is 155 Å². The molecule has 5 nitrogen and oxygen atoms in total. The lowest BCUT2D eigenvalue weighted by Gasteiger charge is -2.12. The highest BCUT2D eigenvalue weighted by molar-refractivity contribution is 9.11. The molecule has 0 spiro atoms. The molecule has 7 heteroatoms. The van der Waals surface area contributed by atoms with Crippen LogP contribution in [0, 0.1) is 0 Å². The van der Waals surface area contributed by atoms with Gasteiger partial charge in [-0.1, -0.05) is 6.07 Å². The molecule has 0 saturated heterocycles. The molecule has 0 saturated carbocycles. The summed E-state index contributed by atoms with van der Waals surface area (Å²) in [5.41, 5.74) is 0.930. The SMILES string of the molecule is CN=C(NCc1ccc(Br)s1)Nc1cccc(OCCCOC)c1. The Bertz CT molecular complexity index is 661. The first kappa shape index (κ1) is 18.8. The number of nitrogens with zero attached hydrogens (tertiary/aromatic N) is 1. The fourth-order valence-electron chi connectivity index (χ4n) is 1.99. The predicted octanol–water partition coefficient (Wildman–Crippen LogP) is 4.11. The molecule has 2 rings (SSSR count).